The van der Waals surface area contributed by atoms with Gasteiger partial charge in [-0.15, -0.1) is 0 Å². The molecule has 0 atom stereocenters. The molecule has 0 aliphatic carbocycles. The predicted octanol–water partition coefficient (Wildman–Crippen LogP) is 2.45. The van der Waals surface area contributed by atoms with Crippen molar-refractivity contribution >= 4 is 5.82 Å². The Hall–Kier alpha value is -1.98. The molecule has 106 valence electrons. The number of aromatic nitrogens is 2. The first kappa shape index (κ1) is 14.4. The number of hydrogen-bond donors (Lipinski definition) is 2. The number of anilines is 1. The van der Waals surface area contributed by atoms with Gasteiger partial charge in [0.05, 0.1) is 6.61 Å². The molecule has 1 aromatic carbocycles. The third-order valence-electron chi connectivity index (χ3n) is 3.28. The van der Waals surface area contributed by atoms with Crippen LogP contribution in [0.2, 0.25) is 0 Å². The van der Waals surface area contributed by atoms with Gasteiger partial charge >= 0.3 is 0 Å². The molecule has 0 spiro atoms. The van der Waals surface area contributed by atoms with Gasteiger partial charge in [0, 0.05) is 23.9 Å². The SMILES string of the molecule is CCc1nc(-c2ccccc2COC)nc(NN)c1C. The number of aryl methyl sites for hydroxylation is 1. The summed E-state index contributed by atoms with van der Waals surface area (Å²) in [4.78, 5) is 9.16. The highest BCUT2D eigenvalue weighted by atomic mass is 16.5. The number of benzene rings is 1. The number of ether oxygens (including phenoxy) is 1. The maximum Gasteiger partial charge on any atom is 0.162 e. The molecule has 2 rings (SSSR count). The first-order valence-corrected chi connectivity index (χ1v) is 6.62. The van der Waals surface area contributed by atoms with E-state index in [1.54, 1.807) is 7.11 Å². The van der Waals surface area contributed by atoms with E-state index < -0.39 is 0 Å². The molecule has 0 fully saturated rings. The van der Waals surface area contributed by atoms with Crippen molar-refractivity contribution < 1.29 is 4.74 Å². The molecule has 0 saturated carbocycles. The summed E-state index contributed by atoms with van der Waals surface area (Å²) in [6.07, 6.45) is 0.836. The highest BCUT2D eigenvalue weighted by Gasteiger charge is 2.13. The fraction of sp³-hybridized carbons (Fsp3) is 0.333. The standard InChI is InChI=1S/C15H20N4O/c1-4-13-10(2)14(19-16)18-15(17-13)12-8-6-5-7-11(12)9-20-3/h5-8H,4,9,16H2,1-3H3,(H,17,18,19). The van der Waals surface area contributed by atoms with Gasteiger partial charge in [0.15, 0.2) is 5.82 Å². The molecule has 5 nitrogen and oxygen atoms in total. The van der Waals surface area contributed by atoms with Crippen LogP contribution in [0.4, 0.5) is 5.82 Å². The first-order chi connectivity index (χ1) is 9.71. The maximum atomic E-state index is 5.55. The molecule has 2 aromatic rings. The van der Waals surface area contributed by atoms with E-state index in [4.69, 9.17) is 10.6 Å². The predicted molar refractivity (Wildman–Crippen MR) is 80.1 cm³/mol. The van der Waals surface area contributed by atoms with Crippen molar-refractivity contribution in [1.29, 1.82) is 0 Å². The lowest BCUT2D eigenvalue weighted by Crippen LogP contribution is -2.13. The van der Waals surface area contributed by atoms with Crippen molar-refractivity contribution in [2.45, 2.75) is 26.9 Å². The van der Waals surface area contributed by atoms with Crippen LogP contribution in [0.25, 0.3) is 11.4 Å². The van der Waals surface area contributed by atoms with Gasteiger partial charge in [-0.1, -0.05) is 31.2 Å². The second kappa shape index (κ2) is 6.45. The quantitative estimate of drug-likeness (QED) is 0.646. The Labute approximate surface area is 119 Å². The number of nitrogens with two attached hydrogens (primary N) is 1. The number of nitrogens with zero attached hydrogens (tertiary/aromatic N) is 2. The zero-order valence-electron chi connectivity index (χ0n) is 12.1. The Kier molecular flexibility index (Phi) is 4.65. The van der Waals surface area contributed by atoms with Gasteiger partial charge in [-0.3, -0.25) is 0 Å². The summed E-state index contributed by atoms with van der Waals surface area (Å²) in [5.74, 6) is 6.89. The van der Waals surface area contributed by atoms with Crippen LogP contribution in [0.1, 0.15) is 23.7 Å². The number of rotatable bonds is 5. The van der Waals surface area contributed by atoms with Crippen LogP contribution >= 0.6 is 0 Å². The lowest BCUT2D eigenvalue weighted by atomic mass is 10.1. The average molecular weight is 272 g/mol. The molecule has 0 amide bonds. The number of hydrogen-bond acceptors (Lipinski definition) is 5. The number of hydrazine groups is 1. The smallest absolute Gasteiger partial charge is 0.162 e. The van der Waals surface area contributed by atoms with Crippen LogP contribution in [0.5, 0.6) is 0 Å². The molecule has 20 heavy (non-hydrogen) atoms. The Morgan fingerprint density at radius 3 is 2.65 bits per heavy atom. The van der Waals surface area contributed by atoms with E-state index in [1.165, 1.54) is 0 Å². The van der Waals surface area contributed by atoms with Crippen LogP contribution in [-0.4, -0.2) is 17.1 Å². The molecule has 1 aromatic heterocycles. The maximum absolute atomic E-state index is 5.55. The molecule has 0 aliphatic heterocycles. The molecule has 0 unspecified atom stereocenters. The topological polar surface area (TPSA) is 73.1 Å². The average Bonchev–Trinajstić information content (AvgIpc) is 2.48. The zero-order valence-corrected chi connectivity index (χ0v) is 12.1. The molecule has 5 heteroatoms. The summed E-state index contributed by atoms with van der Waals surface area (Å²) >= 11 is 0. The van der Waals surface area contributed by atoms with Crippen LogP contribution in [0.15, 0.2) is 24.3 Å². The molecule has 1 heterocycles. The van der Waals surface area contributed by atoms with Crippen molar-refractivity contribution in [3.05, 3.63) is 41.1 Å². The van der Waals surface area contributed by atoms with Crippen molar-refractivity contribution in [2.75, 3.05) is 12.5 Å². The van der Waals surface area contributed by atoms with Gasteiger partial charge in [-0.05, 0) is 18.9 Å². The molecular weight excluding hydrogens is 252 g/mol. The lowest BCUT2D eigenvalue weighted by Gasteiger charge is -2.13. The van der Waals surface area contributed by atoms with Crippen LogP contribution in [-0.2, 0) is 17.8 Å². The van der Waals surface area contributed by atoms with Gasteiger partial charge in [0.1, 0.15) is 5.82 Å². The van der Waals surface area contributed by atoms with Crippen LogP contribution < -0.4 is 11.3 Å². The minimum atomic E-state index is 0.528. The third-order valence-corrected chi connectivity index (χ3v) is 3.28. The lowest BCUT2D eigenvalue weighted by molar-refractivity contribution is 0.185. The van der Waals surface area contributed by atoms with Gasteiger partial charge in [-0.25, -0.2) is 15.8 Å². The highest BCUT2D eigenvalue weighted by molar-refractivity contribution is 5.63. The minimum absolute atomic E-state index is 0.528. The Morgan fingerprint density at radius 2 is 2.00 bits per heavy atom. The van der Waals surface area contributed by atoms with Crippen LogP contribution in [0, 0.1) is 6.92 Å². The molecule has 0 bridgehead atoms. The minimum Gasteiger partial charge on any atom is -0.380 e. The van der Waals surface area contributed by atoms with Crippen LogP contribution in [0.3, 0.4) is 0 Å². The molecular formula is C15H20N4O. The Morgan fingerprint density at radius 1 is 1.25 bits per heavy atom. The zero-order chi connectivity index (χ0) is 14.5. The fourth-order valence-electron chi connectivity index (χ4n) is 2.19. The molecule has 3 N–H and O–H groups in total. The number of nitrogens with one attached hydrogen (secondary N) is 1. The summed E-state index contributed by atoms with van der Waals surface area (Å²) in [7, 11) is 1.68. The van der Waals surface area contributed by atoms with E-state index in [-0.39, 0.29) is 0 Å². The van der Waals surface area contributed by atoms with E-state index in [1.807, 2.05) is 31.2 Å². The number of methoxy groups -OCH3 is 1. The van der Waals surface area contributed by atoms with E-state index in [0.29, 0.717) is 18.2 Å². The normalized spacial score (nSPS) is 10.6. The van der Waals surface area contributed by atoms with E-state index in [2.05, 4.69) is 22.3 Å². The Bertz CT molecular complexity index is 573. The summed E-state index contributed by atoms with van der Waals surface area (Å²) < 4.78 is 5.23. The first-order valence-electron chi connectivity index (χ1n) is 6.62. The second-order valence-electron chi connectivity index (χ2n) is 4.56. The molecule has 0 saturated heterocycles. The third kappa shape index (κ3) is 2.79. The molecule has 0 radical (unpaired) electrons. The molecule has 0 aliphatic rings. The van der Waals surface area contributed by atoms with E-state index in [0.717, 1.165) is 28.8 Å². The fourth-order valence-corrected chi connectivity index (χ4v) is 2.19. The van der Waals surface area contributed by atoms with Crippen molar-refractivity contribution in [3.8, 4) is 11.4 Å². The second-order valence-corrected chi connectivity index (χ2v) is 4.56. The van der Waals surface area contributed by atoms with Gasteiger partial charge in [0.2, 0.25) is 0 Å². The summed E-state index contributed by atoms with van der Waals surface area (Å²) in [6.45, 7) is 4.57. The summed E-state index contributed by atoms with van der Waals surface area (Å²) in [5.41, 5.74) is 6.67. The van der Waals surface area contributed by atoms with Gasteiger partial charge < -0.3 is 10.2 Å². The largest absolute Gasteiger partial charge is 0.380 e. The van der Waals surface area contributed by atoms with Crippen molar-refractivity contribution in [3.63, 3.8) is 0 Å². The van der Waals surface area contributed by atoms with Gasteiger partial charge in [-0.2, -0.15) is 0 Å². The monoisotopic (exact) mass is 272 g/mol. The van der Waals surface area contributed by atoms with Gasteiger partial charge in [0.25, 0.3) is 0 Å². The van der Waals surface area contributed by atoms with Crippen molar-refractivity contribution in [2.24, 2.45) is 5.84 Å². The van der Waals surface area contributed by atoms with E-state index in [9.17, 15) is 0 Å². The highest BCUT2D eigenvalue weighted by Crippen LogP contribution is 2.25. The van der Waals surface area contributed by atoms with E-state index >= 15 is 0 Å². The Balaban J connectivity index is 2.58. The number of nitrogen functional groups attached to an aromatic ring is 1. The van der Waals surface area contributed by atoms with Crippen molar-refractivity contribution in [1.82, 2.24) is 9.97 Å². The summed E-state index contributed by atoms with van der Waals surface area (Å²) in [6, 6.07) is 7.97. The summed E-state index contributed by atoms with van der Waals surface area (Å²) in [5, 5.41) is 0.